The highest BCUT2D eigenvalue weighted by Crippen LogP contribution is 2.28. The molecule has 0 aliphatic carbocycles. The minimum Gasteiger partial charge on any atom is -0.382 e. The van der Waals surface area contributed by atoms with Gasteiger partial charge in [0.2, 0.25) is 0 Å². The Balaban J connectivity index is 2.94. The van der Waals surface area contributed by atoms with E-state index in [-0.39, 0.29) is 0 Å². The predicted octanol–water partition coefficient (Wildman–Crippen LogP) is 0.967. The van der Waals surface area contributed by atoms with Gasteiger partial charge in [-0.15, -0.1) is 0 Å². The summed E-state index contributed by atoms with van der Waals surface area (Å²) in [6.07, 6.45) is -0.906. The number of rotatable bonds is 2. The molecule has 3 N–H and O–H groups in total. The Hall–Kier alpha value is 0.0800. The highest BCUT2D eigenvalue weighted by Gasteiger charge is 2.15. The second kappa shape index (κ2) is 3.65. The molecule has 1 rings (SSSR count). The van der Waals surface area contributed by atoms with Crippen molar-refractivity contribution in [3.63, 3.8) is 0 Å². The zero-order chi connectivity index (χ0) is 8.43. The van der Waals surface area contributed by atoms with Gasteiger partial charge in [0.25, 0.3) is 0 Å². The van der Waals surface area contributed by atoms with Crippen LogP contribution in [0.15, 0.2) is 0 Å². The Bertz CT molecular complexity index is 253. The van der Waals surface area contributed by atoms with Gasteiger partial charge in [-0.2, -0.15) is 4.37 Å². The summed E-state index contributed by atoms with van der Waals surface area (Å²) in [5.74, 6) is 0.446. The van der Waals surface area contributed by atoms with Crippen molar-refractivity contribution >= 4 is 39.9 Å². The quantitative estimate of drug-likeness (QED) is 0.628. The maximum absolute atomic E-state index is 9.21. The van der Waals surface area contributed by atoms with Crippen LogP contribution in [0.5, 0.6) is 0 Å². The molecule has 11 heavy (non-hydrogen) atoms. The maximum Gasteiger partial charge on any atom is 0.192 e. The molecule has 6 heteroatoms. The van der Waals surface area contributed by atoms with Crippen LogP contribution in [0.3, 0.4) is 0 Å². The van der Waals surface area contributed by atoms with Gasteiger partial charge in [0.15, 0.2) is 12.1 Å². The van der Waals surface area contributed by atoms with Gasteiger partial charge < -0.3 is 15.6 Å². The number of aliphatic hydroxyl groups is 1. The van der Waals surface area contributed by atoms with Crippen molar-refractivity contribution in [2.45, 2.75) is 6.29 Å². The van der Waals surface area contributed by atoms with Crippen LogP contribution in [0.1, 0.15) is 11.2 Å². The lowest BCUT2D eigenvalue weighted by Gasteiger charge is -2.04. The summed E-state index contributed by atoms with van der Waals surface area (Å²) < 4.78 is 9.32. The molecular formula is C5H7IN2O2S. The number of halogens is 1. The molecule has 1 aromatic heterocycles. The van der Waals surface area contributed by atoms with Crippen molar-refractivity contribution in [3.8, 4) is 0 Å². The summed E-state index contributed by atoms with van der Waals surface area (Å²) in [5, 5.41) is 9.21. The largest absolute Gasteiger partial charge is 0.382 e. The third kappa shape index (κ3) is 1.81. The number of nitrogen functional groups attached to an aromatic ring is 1. The van der Waals surface area contributed by atoms with Crippen molar-refractivity contribution in [1.29, 1.82) is 0 Å². The maximum atomic E-state index is 9.21. The lowest BCUT2D eigenvalue weighted by molar-refractivity contribution is -0.0748. The second-order valence-electron chi connectivity index (χ2n) is 1.83. The molecular weight excluding hydrogens is 279 g/mol. The van der Waals surface area contributed by atoms with Gasteiger partial charge >= 0.3 is 0 Å². The van der Waals surface area contributed by atoms with Gasteiger partial charge in [-0.05, 0) is 34.1 Å². The van der Waals surface area contributed by atoms with Gasteiger partial charge in [-0.3, -0.25) is 0 Å². The Labute approximate surface area is 81.7 Å². The van der Waals surface area contributed by atoms with Gasteiger partial charge in [-0.25, -0.2) is 0 Å². The van der Waals surface area contributed by atoms with Crippen LogP contribution in [0.25, 0.3) is 0 Å². The van der Waals surface area contributed by atoms with E-state index in [2.05, 4.69) is 4.37 Å². The number of aromatic nitrogens is 1. The topological polar surface area (TPSA) is 68.4 Å². The molecule has 4 nitrogen and oxygen atoms in total. The van der Waals surface area contributed by atoms with E-state index in [1.165, 1.54) is 7.11 Å². The molecule has 0 fully saturated rings. The summed E-state index contributed by atoms with van der Waals surface area (Å²) in [7, 11) is 1.43. The zero-order valence-electron chi connectivity index (χ0n) is 5.74. The minimum absolute atomic E-state index is 0.446. The number of methoxy groups -OCH3 is 1. The number of ether oxygens (including phenoxy) is 1. The molecule has 1 atom stereocenters. The zero-order valence-corrected chi connectivity index (χ0v) is 8.72. The van der Waals surface area contributed by atoms with Gasteiger partial charge in [0.1, 0.15) is 0 Å². The lowest BCUT2D eigenvalue weighted by Crippen LogP contribution is -1.98. The lowest BCUT2D eigenvalue weighted by atomic mass is 10.4. The van der Waals surface area contributed by atoms with E-state index >= 15 is 0 Å². The molecule has 0 aliphatic rings. The third-order valence-electron chi connectivity index (χ3n) is 1.13. The van der Waals surface area contributed by atoms with Crippen LogP contribution < -0.4 is 5.73 Å². The SMILES string of the molecule is COC(O)c1snc(N)c1I. The van der Waals surface area contributed by atoms with E-state index in [0.29, 0.717) is 10.7 Å². The van der Waals surface area contributed by atoms with E-state index in [1.807, 2.05) is 22.6 Å². The Kier molecular flexibility index (Phi) is 3.05. The molecule has 62 valence electrons. The molecule has 0 radical (unpaired) electrons. The molecule has 1 heterocycles. The standard InChI is InChI=1S/C5H7IN2O2S/c1-10-5(9)3-2(6)4(7)8-11-3/h5,9H,1H3,(H2,7,8). The Morgan fingerprint density at radius 2 is 2.45 bits per heavy atom. The number of anilines is 1. The average Bonchev–Trinajstić information content (AvgIpc) is 2.32. The van der Waals surface area contributed by atoms with Crippen molar-refractivity contribution in [2.75, 3.05) is 12.8 Å². The highest BCUT2D eigenvalue weighted by molar-refractivity contribution is 14.1. The third-order valence-corrected chi connectivity index (χ3v) is 3.52. The van der Waals surface area contributed by atoms with Crippen molar-refractivity contribution in [3.05, 3.63) is 8.45 Å². The molecule has 0 saturated carbocycles. The van der Waals surface area contributed by atoms with Crippen LogP contribution >= 0.6 is 34.1 Å². The van der Waals surface area contributed by atoms with Crippen LogP contribution in [0.4, 0.5) is 5.82 Å². The number of aliphatic hydroxyl groups excluding tert-OH is 1. The van der Waals surface area contributed by atoms with Gasteiger partial charge in [0, 0.05) is 7.11 Å². The van der Waals surface area contributed by atoms with E-state index in [0.717, 1.165) is 15.1 Å². The first-order valence-electron chi connectivity index (χ1n) is 2.78. The fourth-order valence-corrected chi connectivity index (χ4v) is 2.07. The fraction of sp³-hybridized carbons (Fsp3) is 0.400. The number of hydrogen-bond acceptors (Lipinski definition) is 5. The molecule has 1 aromatic rings. The molecule has 0 aliphatic heterocycles. The molecule has 0 aromatic carbocycles. The first kappa shape index (κ1) is 9.17. The van der Waals surface area contributed by atoms with Crippen molar-refractivity contribution in [1.82, 2.24) is 4.37 Å². The summed E-state index contributed by atoms with van der Waals surface area (Å²) in [5.41, 5.74) is 5.46. The normalized spacial score (nSPS) is 13.4. The number of nitrogens with zero attached hydrogens (tertiary/aromatic N) is 1. The smallest absolute Gasteiger partial charge is 0.192 e. The Morgan fingerprint density at radius 1 is 1.82 bits per heavy atom. The number of hydrogen-bond donors (Lipinski definition) is 2. The fourth-order valence-electron chi connectivity index (χ4n) is 0.565. The first-order chi connectivity index (χ1) is 5.16. The molecule has 0 amide bonds. The molecule has 1 unspecified atom stereocenters. The average molecular weight is 286 g/mol. The predicted molar refractivity (Wildman–Crippen MR) is 51.2 cm³/mol. The minimum atomic E-state index is -0.906. The Morgan fingerprint density at radius 3 is 2.82 bits per heavy atom. The van der Waals surface area contributed by atoms with Crippen LogP contribution in [0.2, 0.25) is 0 Å². The van der Waals surface area contributed by atoms with Crippen LogP contribution in [-0.4, -0.2) is 16.6 Å². The summed E-state index contributed by atoms with van der Waals surface area (Å²) in [4.78, 5) is 0.658. The van der Waals surface area contributed by atoms with Crippen molar-refractivity contribution in [2.24, 2.45) is 0 Å². The van der Waals surface area contributed by atoms with E-state index in [4.69, 9.17) is 10.5 Å². The summed E-state index contributed by atoms with van der Waals surface area (Å²) in [6, 6.07) is 0. The van der Waals surface area contributed by atoms with Gasteiger partial charge in [-0.1, -0.05) is 0 Å². The van der Waals surface area contributed by atoms with E-state index in [1.54, 1.807) is 0 Å². The van der Waals surface area contributed by atoms with Crippen LogP contribution in [-0.2, 0) is 4.74 Å². The first-order valence-corrected chi connectivity index (χ1v) is 4.63. The number of nitrogens with two attached hydrogens (primary N) is 1. The molecule has 0 bridgehead atoms. The van der Waals surface area contributed by atoms with E-state index < -0.39 is 6.29 Å². The summed E-state index contributed by atoms with van der Waals surface area (Å²) >= 11 is 3.17. The van der Waals surface area contributed by atoms with Gasteiger partial charge in [0.05, 0.1) is 8.45 Å². The summed E-state index contributed by atoms with van der Waals surface area (Å²) in [6.45, 7) is 0. The molecule has 0 spiro atoms. The second-order valence-corrected chi connectivity index (χ2v) is 3.72. The highest BCUT2D eigenvalue weighted by atomic mass is 127. The van der Waals surface area contributed by atoms with Crippen molar-refractivity contribution < 1.29 is 9.84 Å². The monoisotopic (exact) mass is 286 g/mol. The van der Waals surface area contributed by atoms with E-state index in [9.17, 15) is 5.11 Å². The van der Waals surface area contributed by atoms with Crippen LogP contribution in [0, 0.1) is 3.57 Å². The molecule has 0 saturated heterocycles.